The molecule has 0 aliphatic carbocycles. The van der Waals surface area contributed by atoms with Crippen molar-refractivity contribution in [2.45, 2.75) is 6.92 Å². The molecule has 0 saturated carbocycles. The number of aryl methyl sites for hydroxylation is 1. The lowest BCUT2D eigenvalue weighted by Crippen LogP contribution is -2.33. The van der Waals surface area contributed by atoms with Crippen molar-refractivity contribution in [3.05, 3.63) is 88.3 Å². The van der Waals surface area contributed by atoms with Crippen LogP contribution in [0.15, 0.2) is 71.5 Å². The second-order valence-corrected chi connectivity index (χ2v) is 6.20. The van der Waals surface area contributed by atoms with E-state index in [0.29, 0.717) is 18.8 Å². The van der Waals surface area contributed by atoms with Crippen LogP contribution >= 0.6 is 0 Å². The van der Waals surface area contributed by atoms with Crippen molar-refractivity contribution in [1.82, 2.24) is 14.7 Å². The Balaban J connectivity index is 1.67. The van der Waals surface area contributed by atoms with Crippen molar-refractivity contribution in [1.29, 1.82) is 0 Å². The molecule has 0 aliphatic rings. The van der Waals surface area contributed by atoms with Gasteiger partial charge in [0.05, 0.1) is 12.2 Å². The Labute approximate surface area is 157 Å². The molecule has 0 atom stereocenters. The van der Waals surface area contributed by atoms with Gasteiger partial charge in [-0.1, -0.05) is 30.3 Å². The van der Waals surface area contributed by atoms with E-state index in [2.05, 4.69) is 5.10 Å². The van der Waals surface area contributed by atoms with Gasteiger partial charge in [-0.25, -0.2) is 0 Å². The Morgan fingerprint density at radius 3 is 2.59 bits per heavy atom. The number of rotatable bonds is 6. The lowest BCUT2D eigenvalue weighted by Gasteiger charge is -2.17. The first-order chi connectivity index (χ1) is 13.0. The molecule has 3 aromatic rings. The van der Waals surface area contributed by atoms with Crippen LogP contribution in [0.1, 0.15) is 16.1 Å². The molecule has 0 bridgehead atoms. The van der Waals surface area contributed by atoms with E-state index >= 15 is 0 Å². The van der Waals surface area contributed by atoms with Gasteiger partial charge in [0.25, 0.3) is 11.5 Å². The van der Waals surface area contributed by atoms with E-state index in [1.807, 2.05) is 49.4 Å². The molecule has 1 aromatic heterocycles. The molecule has 0 spiro atoms. The Morgan fingerprint density at radius 1 is 1.07 bits per heavy atom. The van der Waals surface area contributed by atoms with Crippen LogP contribution in [-0.4, -0.2) is 40.8 Å². The van der Waals surface area contributed by atoms with Gasteiger partial charge in [0, 0.05) is 13.1 Å². The first kappa shape index (κ1) is 18.4. The molecule has 6 nitrogen and oxygen atoms in total. The van der Waals surface area contributed by atoms with Gasteiger partial charge < -0.3 is 9.64 Å². The quantitative estimate of drug-likeness (QED) is 0.675. The summed E-state index contributed by atoms with van der Waals surface area (Å²) in [5.74, 6) is 0.499. The minimum absolute atomic E-state index is 0.205. The van der Waals surface area contributed by atoms with Crippen LogP contribution in [0.5, 0.6) is 5.75 Å². The zero-order valence-electron chi connectivity index (χ0n) is 15.3. The normalized spacial score (nSPS) is 10.4. The molecule has 0 unspecified atom stereocenters. The smallest absolute Gasteiger partial charge is 0.274 e. The lowest BCUT2D eigenvalue weighted by atomic mass is 10.2. The monoisotopic (exact) mass is 363 g/mol. The van der Waals surface area contributed by atoms with Crippen molar-refractivity contribution >= 4 is 5.91 Å². The van der Waals surface area contributed by atoms with Gasteiger partial charge in [0.1, 0.15) is 18.1 Å². The highest BCUT2D eigenvalue weighted by Crippen LogP contribution is 2.12. The summed E-state index contributed by atoms with van der Waals surface area (Å²) in [4.78, 5) is 26.2. The fourth-order valence-electron chi connectivity index (χ4n) is 2.58. The lowest BCUT2D eigenvalue weighted by molar-refractivity contribution is 0.0766. The number of para-hydroxylation sites is 1. The topological polar surface area (TPSA) is 64.4 Å². The van der Waals surface area contributed by atoms with Crippen LogP contribution in [0.2, 0.25) is 0 Å². The summed E-state index contributed by atoms with van der Waals surface area (Å²) in [5.41, 5.74) is 1.64. The summed E-state index contributed by atoms with van der Waals surface area (Å²) < 4.78 is 6.91. The van der Waals surface area contributed by atoms with Crippen molar-refractivity contribution in [3.8, 4) is 11.4 Å². The van der Waals surface area contributed by atoms with E-state index in [9.17, 15) is 9.59 Å². The molecule has 1 amide bonds. The molecule has 0 radical (unpaired) electrons. The average molecular weight is 363 g/mol. The fourth-order valence-corrected chi connectivity index (χ4v) is 2.58. The van der Waals surface area contributed by atoms with Crippen LogP contribution in [-0.2, 0) is 0 Å². The van der Waals surface area contributed by atoms with Gasteiger partial charge in [0.2, 0.25) is 0 Å². The third-order valence-corrected chi connectivity index (χ3v) is 4.05. The molecule has 3 rings (SSSR count). The first-order valence-electron chi connectivity index (χ1n) is 8.65. The zero-order valence-corrected chi connectivity index (χ0v) is 15.3. The van der Waals surface area contributed by atoms with Gasteiger partial charge in [0.15, 0.2) is 0 Å². The van der Waals surface area contributed by atoms with E-state index < -0.39 is 0 Å². The number of ether oxygens (including phenoxy) is 1. The van der Waals surface area contributed by atoms with Crippen LogP contribution in [0, 0.1) is 6.92 Å². The largest absolute Gasteiger partial charge is 0.492 e. The SMILES string of the molecule is Cc1cccc(OCCN(C)C(=O)c2ccc(=O)n(-c3ccccc3)n2)c1. The van der Waals surface area contributed by atoms with E-state index in [1.54, 1.807) is 19.2 Å². The Kier molecular flexibility index (Phi) is 5.66. The zero-order chi connectivity index (χ0) is 19.2. The second kappa shape index (κ2) is 8.31. The second-order valence-electron chi connectivity index (χ2n) is 6.20. The Morgan fingerprint density at radius 2 is 1.85 bits per heavy atom. The third kappa shape index (κ3) is 4.61. The molecule has 0 N–H and O–H groups in total. The minimum atomic E-state index is -0.289. The Hall–Kier alpha value is -3.41. The Bertz CT molecular complexity index is 983. The summed E-state index contributed by atoms with van der Waals surface area (Å²) in [6, 6.07) is 19.6. The number of hydrogen-bond donors (Lipinski definition) is 0. The molecular weight excluding hydrogens is 342 g/mol. The predicted octanol–water partition coefficient (Wildman–Crippen LogP) is 2.69. The predicted molar refractivity (Wildman–Crippen MR) is 103 cm³/mol. The number of hydrogen-bond acceptors (Lipinski definition) is 4. The summed E-state index contributed by atoms with van der Waals surface area (Å²) in [7, 11) is 1.68. The molecule has 27 heavy (non-hydrogen) atoms. The summed E-state index contributed by atoms with van der Waals surface area (Å²) >= 11 is 0. The highest BCUT2D eigenvalue weighted by molar-refractivity contribution is 5.91. The molecule has 0 aliphatic heterocycles. The molecule has 2 aromatic carbocycles. The number of amides is 1. The number of nitrogens with zero attached hydrogens (tertiary/aromatic N) is 3. The molecule has 0 saturated heterocycles. The highest BCUT2D eigenvalue weighted by atomic mass is 16.5. The van der Waals surface area contributed by atoms with Crippen molar-refractivity contribution < 1.29 is 9.53 Å². The van der Waals surface area contributed by atoms with Crippen LogP contribution < -0.4 is 10.3 Å². The van der Waals surface area contributed by atoms with E-state index in [-0.39, 0.29) is 17.2 Å². The first-order valence-corrected chi connectivity index (χ1v) is 8.65. The maximum atomic E-state index is 12.6. The minimum Gasteiger partial charge on any atom is -0.492 e. The number of likely N-dealkylation sites (N-methyl/N-ethyl adjacent to an activating group) is 1. The summed E-state index contributed by atoms with van der Waals surface area (Å²) in [6.07, 6.45) is 0. The third-order valence-electron chi connectivity index (χ3n) is 4.05. The molecule has 138 valence electrons. The molecule has 0 fully saturated rings. The average Bonchev–Trinajstić information content (AvgIpc) is 2.68. The molecular formula is C21H21N3O3. The van der Waals surface area contributed by atoms with Crippen LogP contribution in [0.3, 0.4) is 0 Å². The number of aromatic nitrogens is 2. The number of carbonyl (C=O) groups is 1. The van der Waals surface area contributed by atoms with Gasteiger partial charge in [-0.2, -0.15) is 9.78 Å². The fraction of sp³-hybridized carbons (Fsp3) is 0.190. The van der Waals surface area contributed by atoms with E-state index in [1.165, 1.54) is 21.7 Å². The van der Waals surface area contributed by atoms with E-state index in [4.69, 9.17) is 4.74 Å². The molecule has 1 heterocycles. The van der Waals surface area contributed by atoms with Gasteiger partial charge in [-0.05, 0) is 42.8 Å². The number of benzene rings is 2. The number of carbonyl (C=O) groups excluding carboxylic acids is 1. The van der Waals surface area contributed by atoms with Crippen LogP contribution in [0.25, 0.3) is 5.69 Å². The van der Waals surface area contributed by atoms with Crippen molar-refractivity contribution in [2.75, 3.05) is 20.2 Å². The van der Waals surface area contributed by atoms with Crippen molar-refractivity contribution in [2.24, 2.45) is 0 Å². The van der Waals surface area contributed by atoms with Gasteiger partial charge >= 0.3 is 0 Å². The standard InChI is InChI=1S/C21H21N3O3/c1-16-7-6-10-18(15-16)27-14-13-23(2)21(26)19-11-12-20(25)24(22-19)17-8-4-3-5-9-17/h3-12,15H,13-14H2,1-2H3. The van der Waals surface area contributed by atoms with E-state index in [0.717, 1.165) is 11.3 Å². The van der Waals surface area contributed by atoms with Crippen molar-refractivity contribution in [3.63, 3.8) is 0 Å². The van der Waals surface area contributed by atoms with Gasteiger partial charge in [-0.3, -0.25) is 9.59 Å². The maximum absolute atomic E-state index is 12.6. The summed E-state index contributed by atoms with van der Waals surface area (Å²) in [6.45, 7) is 2.76. The summed E-state index contributed by atoms with van der Waals surface area (Å²) in [5, 5.41) is 4.21. The van der Waals surface area contributed by atoms with Gasteiger partial charge in [-0.15, -0.1) is 0 Å². The highest BCUT2D eigenvalue weighted by Gasteiger charge is 2.15. The molecule has 6 heteroatoms. The van der Waals surface area contributed by atoms with Crippen LogP contribution in [0.4, 0.5) is 0 Å². The maximum Gasteiger partial charge on any atom is 0.274 e.